The van der Waals surface area contributed by atoms with Gasteiger partial charge in [0.2, 0.25) is 0 Å². The molecule has 4 heteroatoms. The molecular formula is C17H26FN3. The zero-order valence-corrected chi connectivity index (χ0v) is 13.1. The molecule has 2 fully saturated rings. The number of hydrogen-bond acceptors (Lipinski definition) is 3. The van der Waals surface area contributed by atoms with E-state index in [4.69, 9.17) is 0 Å². The number of fused-ring (bicyclic) bond motifs is 2. The Balaban J connectivity index is 1.75. The largest absolute Gasteiger partial charge is 0.311 e. The first kappa shape index (κ1) is 14.9. The first-order valence-corrected chi connectivity index (χ1v) is 8.30. The van der Waals surface area contributed by atoms with Crippen LogP contribution >= 0.6 is 0 Å². The van der Waals surface area contributed by atoms with Crippen molar-refractivity contribution < 1.29 is 4.39 Å². The van der Waals surface area contributed by atoms with Crippen LogP contribution in [0, 0.1) is 5.82 Å². The zero-order valence-electron chi connectivity index (χ0n) is 13.1. The number of aromatic nitrogens is 1. The molecule has 21 heavy (non-hydrogen) atoms. The molecule has 0 spiro atoms. The van der Waals surface area contributed by atoms with Gasteiger partial charge in [-0.1, -0.05) is 6.92 Å². The quantitative estimate of drug-likeness (QED) is 0.902. The minimum absolute atomic E-state index is 0.257. The highest BCUT2D eigenvalue weighted by Crippen LogP contribution is 2.33. The minimum Gasteiger partial charge on any atom is -0.311 e. The van der Waals surface area contributed by atoms with Gasteiger partial charge >= 0.3 is 0 Å². The van der Waals surface area contributed by atoms with Crippen LogP contribution < -0.4 is 5.32 Å². The molecule has 2 aliphatic heterocycles. The first-order valence-electron chi connectivity index (χ1n) is 8.30. The van der Waals surface area contributed by atoms with Crippen LogP contribution in [-0.4, -0.2) is 34.6 Å². The summed E-state index contributed by atoms with van der Waals surface area (Å²) < 4.78 is 13.1. The van der Waals surface area contributed by atoms with E-state index in [0.29, 0.717) is 18.1 Å². The molecule has 3 heterocycles. The van der Waals surface area contributed by atoms with Crippen LogP contribution in [0.3, 0.4) is 0 Å². The second-order valence-electron chi connectivity index (χ2n) is 6.58. The Kier molecular flexibility index (Phi) is 4.55. The molecule has 3 atom stereocenters. The molecule has 1 aromatic rings. The van der Waals surface area contributed by atoms with Crippen molar-refractivity contribution in [2.75, 3.05) is 6.54 Å². The van der Waals surface area contributed by atoms with Crippen LogP contribution in [-0.2, 0) is 0 Å². The summed E-state index contributed by atoms with van der Waals surface area (Å²) in [5.74, 6) is -0.257. The molecule has 3 unspecified atom stereocenters. The van der Waals surface area contributed by atoms with Crippen LogP contribution in [0.4, 0.5) is 4.39 Å². The van der Waals surface area contributed by atoms with Gasteiger partial charge in [-0.25, -0.2) is 4.39 Å². The Morgan fingerprint density at radius 2 is 2.05 bits per heavy atom. The van der Waals surface area contributed by atoms with Crippen LogP contribution in [0.5, 0.6) is 0 Å². The second kappa shape index (κ2) is 6.41. The highest BCUT2D eigenvalue weighted by atomic mass is 19.1. The summed E-state index contributed by atoms with van der Waals surface area (Å²) >= 11 is 0. The fourth-order valence-electron chi connectivity index (χ4n) is 4.05. The standard InChI is InChI=1S/C17H26FN3/c1-3-8-21(12(2)17-7-4-13(18)11-19-17)16-9-14-5-6-15(10-16)20-14/h4,7,11-12,14-16,20H,3,5-6,8-10H2,1-2H3. The molecule has 0 aliphatic carbocycles. The summed E-state index contributed by atoms with van der Waals surface area (Å²) in [7, 11) is 0. The maximum atomic E-state index is 13.1. The average molecular weight is 291 g/mol. The number of nitrogens with one attached hydrogen (secondary N) is 1. The number of hydrogen-bond donors (Lipinski definition) is 1. The van der Waals surface area contributed by atoms with Crippen LogP contribution in [0.15, 0.2) is 18.3 Å². The fraction of sp³-hybridized carbons (Fsp3) is 0.706. The van der Waals surface area contributed by atoms with Gasteiger partial charge in [0.05, 0.1) is 11.9 Å². The van der Waals surface area contributed by atoms with Gasteiger partial charge in [0.1, 0.15) is 5.82 Å². The molecule has 0 saturated carbocycles. The summed E-state index contributed by atoms with van der Waals surface area (Å²) in [5.41, 5.74) is 0.982. The molecule has 1 aromatic heterocycles. The van der Waals surface area contributed by atoms with Gasteiger partial charge in [0.15, 0.2) is 0 Å². The third-order valence-electron chi connectivity index (χ3n) is 5.07. The Hall–Kier alpha value is -1.00. The van der Waals surface area contributed by atoms with Crippen LogP contribution in [0.25, 0.3) is 0 Å². The van der Waals surface area contributed by atoms with E-state index in [1.165, 1.54) is 37.9 Å². The first-order chi connectivity index (χ1) is 10.2. The van der Waals surface area contributed by atoms with Crippen molar-refractivity contribution in [3.8, 4) is 0 Å². The maximum absolute atomic E-state index is 13.1. The summed E-state index contributed by atoms with van der Waals surface area (Å²) in [6.07, 6.45) is 7.60. The number of halogens is 1. The minimum atomic E-state index is -0.257. The molecule has 3 nitrogen and oxygen atoms in total. The van der Waals surface area contributed by atoms with Gasteiger partial charge in [-0.3, -0.25) is 9.88 Å². The third-order valence-corrected chi connectivity index (χ3v) is 5.07. The SMILES string of the molecule is CCCN(C1CC2CCC(C1)N2)C(C)c1ccc(F)cn1. The van der Waals surface area contributed by atoms with E-state index in [1.54, 1.807) is 0 Å². The van der Waals surface area contributed by atoms with Crippen molar-refractivity contribution in [2.45, 2.75) is 70.1 Å². The highest BCUT2D eigenvalue weighted by molar-refractivity contribution is 5.10. The molecule has 0 amide bonds. The average Bonchev–Trinajstić information content (AvgIpc) is 2.83. The summed E-state index contributed by atoms with van der Waals surface area (Å²) in [6, 6.07) is 5.63. The van der Waals surface area contributed by atoms with Crippen molar-refractivity contribution in [1.82, 2.24) is 15.2 Å². The maximum Gasteiger partial charge on any atom is 0.141 e. The second-order valence-corrected chi connectivity index (χ2v) is 6.58. The van der Waals surface area contributed by atoms with E-state index in [-0.39, 0.29) is 11.9 Å². The normalized spacial score (nSPS) is 29.8. The van der Waals surface area contributed by atoms with E-state index in [2.05, 4.69) is 29.0 Å². The van der Waals surface area contributed by atoms with E-state index in [0.717, 1.165) is 18.7 Å². The van der Waals surface area contributed by atoms with E-state index in [1.807, 2.05) is 6.07 Å². The van der Waals surface area contributed by atoms with E-state index < -0.39 is 0 Å². The molecule has 0 radical (unpaired) electrons. The Morgan fingerprint density at radius 3 is 2.62 bits per heavy atom. The van der Waals surface area contributed by atoms with Crippen molar-refractivity contribution in [3.63, 3.8) is 0 Å². The van der Waals surface area contributed by atoms with Gasteiger partial charge in [-0.05, 0) is 57.7 Å². The lowest BCUT2D eigenvalue weighted by atomic mass is 9.96. The summed E-state index contributed by atoms with van der Waals surface area (Å²) in [4.78, 5) is 6.89. The van der Waals surface area contributed by atoms with Crippen LogP contribution in [0.2, 0.25) is 0 Å². The molecule has 2 bridgehead atoms. The van der Waals surface area contributed by atoms with E-state index in [9.17, 15) is 4.39 Å². The molecule has 2 aliphatic rings. The van der Waals surface area contributed by atoms with Crippen molar-refractivity contribution in [2.24, 2.45) is 0 Å². The molecule has 1 N–H and O–H groups in total. The lowest BCUT2D eigenvalue weighted by Crippen LogP contribution is -2.49. The number of pyridine rings is 1. The molecule has 116 valence electrons. The number of rotatable bonds is 5. The summed E-state index contributed by atoms with van der Waals surface area (Å²) in [5, 5.41) is 3.71. The zero-order chi connectivity index (χ0) is 14.8. The smallest absolute Gasteiger partial charge is 0.141 e. The molecule has 2 saturated heterocycles. The predicted octanol–water partition coefficient (Wildman–Crippen LogP) is 3.28. The fourth-order valence-corrected chi connectivity index (χ4v) is 4.05. The van der Waals surface area contributed by atoms with Crippen molar-refractivity contribution in [1.29, 1.82) is 0 Å². The van der Waals surface area contributed by atoms with Gasteiger partial charge in [-0.2, -0.15) is 0 Å². The predicted molar refractivity (Wildman–Crippen MR) is 82.6 cm³/mol. The van der Waals surface area contributed by atoms with Crippen molar-refractivity contribution >= 4 is 0 Å². The van der Waals surface area contributed by atoms with Gasteiger partial charge < -0.3 is 5.32 Å². The lowest BCUT2D eigenvalue weighted by Gasteiger charge is -2.41. The van der Waals surface area contributed by atoms with Gasteiger partial charge in [0.25, 0.3) is 0 Å². The monoisotopic (exact) mass is 291 g/mol. The Morgan fingerprint density at radius 1 is 1.33 bits per heavy atom. The number of nitrogens with zero attached hydrogens (tertiary/aromatic N) is 2. The van der Waals surface area contributed by atoms with Gasteiger partial charge in [-0.15, -0.1) is 0 Å². The molecular weight excluding hydrogens is 265 g/mol. The van der Waals surface area contributed by atoms with Gasteiger partial charge in [0, 0.05) is 24.2 Å². The number of piperidine rings is 1. The highest BCUT2D eigenvalue weighted by Gasteiger charge is 2.37. The lowest BCUT2D eigenvalue weighted by molar-refractivity contribution is 0.0991. The van der Waals surface area contributed by atoms with Crippen molar-refractivity contribution in [3.05, 3.63) is 29.8 Å². The summed E-state index contributed by atoms with van der Waals surface area (Å²) in [6.45, 7) is 5.53. The third kappa shape index (κ3) is 3.27. The van der Waals surface area contributed by atoms with E-state index >= 15 is 0 Å². The Bertz CT molecular complexity index is 450. The Labute approximate surface area is 126 Å². The molecule has 0 aromatic carbocycles. The topological polar surface area (TPSA) is 28.2 Å². The van der Waals surface area contributed by atoms with Crippen LogP contribution in [0.1, 0.15) is 57.7 Å². The molecule has 3 rings (SSSR count).